The maximum Gasteiger partial charge on any atom is 0.341 e. The molecule has 1 aromatic rings. The smallest absolute Gasteiger partial charge is 0.341 e. The zero-order valence-corrected chi connectivity index (χ0v) is 16.8. The third-order valence-electron chi connectivity index (χ3n) is 5.02. The number of thiophene rings is 1. The molecule has 1 aromatic heterocycles. The number of ether oxygens (including phenoxy) is 2. The molecule has 0 spiro atoms. The molecule has 0 saturated carbocycles. The summed E-state index contributed by atoms with van der Waals surface area (Å²) in [6.07, 6.45) is 3.12. The number of nitrogens with one attached hydrogen (secondary N) is 1. The average Bonchev–Trinajstić information content (AvgIpc) is 2.89. The Morgan fingerprint density at radius 1 is 1.27 bits per heavy atom. The van der Waals surface area contributed by atoms with E-state index in [9.17, 15) is 9.59 Å². The van der Waals surface area contributed by atoms with E-state index in [0.717, 1.165) is 37.9 Å². The van der Waals surface area contributed by atoms with Crippen molar-refractivity contribution in [2.45, 2.75) is 52.2 Å². The zero-order chi connectivity index (χ0) is 18.8. The number of carbonyl (C=O) groups is 2. The molecule has 26 heavy (non-hydrogen) atoms. The Hall–Kier alpha value is -1.44. The van der Waals surface area contributed by atoms with Crippen molar-refractivity contribution in [1.82, 2.24) is 4.90 Å². The van der Waals surface area contributed by atoms with Gasteiger partial charge in [-0.25, -0.2) is 4.79 Å². The van der Waals surface area contributed by atoms with Gasteiger partial charge >= 0.3 is 5.97 Å². The van der Waals surface area contributed by atoms with Gasteiger partial charge in [0.1, 0.15) is 5.00 Å². The van der Waals surface area contributed by atoms with Gasteiger partial charge in [0.05, 0.1) is 31.4 Å². The van der Waals surface area contributed by atoms with E-state index in [1.807, 2.05) is 13.8 Å². The van der Waals surface area contributed by atoms with Crippen molar-refractivity contribution >= 4 is 28.2 Å². The van der Waals surface area contributed by atoms with Crippen LogP contribution in [0.4, 0.5) is 5.00 Å². The number of nitrogens with zero attached hydrogens (tertiary/aromatic N) is 1. The van der Waals surface area contributed by atoms with Crippen LogP contribution in [0.25, 0.3) is 0 Å². The first-order valence-corrected chi connectivity index (χ1v) is 10.1. The first kappa shape index (κ1) is 19.3. The summed E-state index contributed by atoms with van der Waals surface area (Å²) in [5, 5.41) is 3.61. The molecule has 1 amide bonds. The van der Waals surface area contributed by atoms with Gasteiger partial charge in [-0.15, -0.1) is 11.3 Å². The van der Waals surface area contributed by atoms with E-state index in [1.165, 1.54) is 23.3 Å². The number of morpholine rings is 1. The molecule has 0 bridgehead atoms. The summed E-state index contributed by atoms with van der Waals surface area (Å²) in [4.78, 5) is 28.2. The highest BCUT2D eigenvalue weighted by Crippen LogP contribution is 2.40. The molecular formula is C19H28N2O4S. The fraction of sp³-hybridized carbons (Fsp3) is 0.684. The molecule has 3 rings (SSSR count). The molecule has 3 atom stereocenters. The molecule has 1 N–H and O–H groups in total. The summed E-state index contributed by atoms with van der Waals surface area (Å²) in [5.41, 5.74) is 1.61. The van der Waals surface area contributed by atoms with E-state index in [-0.39, 0.29) is 24.1 Å². The number of amides is 1. The number of esters is 1. The minimum atomic E-state index is -0.360. The van der Waals surface area contributed by atoms with Crippen molar-refractivity contribution in [3.8, 4) is 0 Å². The molecule has 0 unspecified atom stereocenters. The number of hydrogen-bond donors (Lipinski definition) is 1. The Morgan fingerprint density at radius 3 is 2.62 bits per heavy atom. The molecule has 1 aliphatic heterocycles. The lowest BCUT2D eigenvalue weighted by Gasteiger charge is -2.34. The lowest BCUT2D eigenvalue weighted by Crippen LogP contribution is -2.48. The zero-order valence-electron chi connectivity index (χ0n) is 16.0. The van der Waals surface area contributed by atoms with Crippen LogP contribution in [0.5, 0.6) is 0 Å². The van der Waals surface area contributed by atoms with Gasteiger partial charge in [0.2, 0.25) is 5.91 Å². The predicted molar refractivity (Wildman–Crippen MR) is 102 cm³/mol. The Labute approximate surface area is 158 Å². The maximum atomic E-state index is 12.6. The van der Waals surface area contributed by atoms with Crippen LogP contribution in [0.1, 0.15) is 48.0 Å². The van der Waals surface area contributed by atoms with Crippen LogP contribution < -0.4 is 5.32 Å². The predicted octanol–water partition coefficient (Wildman–Crippen LogP) is 2.71. The van der Waals surface area contributed by atoms with Gasteiger partial charge in [0, 0.05) is 18.0 Å². The molecule has 6 nitrogen and oxygen atoms in total. The molecule has 144 valence electrons. The van der Waals surface area contributed by atoms with Gasteiger partial charge < -0.3 is 14.8 Å². The second kappa shape index (κ2) is 8.06. The standard InChI is InChI=1S/C19H28N2O4S/c1-11-5-6-14-15(7-11)26-18(17(14)19(23)24-4)20-16(22)10-21-8-12(2)25-13(3)9-21/h11-13H,5-10H2,1-4H3,(H,20,22)/t11-,12-,13-/m1/s1. The lowest BCUT2D eigenvalue weighted by atomic mass is 9.88. The molecule has 0 radical (unpaired) electrons. The van der Waals surface area contributed by atoms with E-state index in [0.29, 0.717) is 23.0 Å². The summed E-state index contributed by atoms with van der Waals surface area (Å²) >= 11 is 1.52. The van der Waals surface area contributed by atoms with Crippen molar-refractivity contribution in [3.63, 3.8) is 0 Å². The first-order valence-electron chi connectivity index (χ1n) is 9.27. The molecular weight excluding hydrogens is 352 g/mol. The maximum absolute atomic E-state index is 12.6. The van der Waals surface area contributed by atoms with Crippen LogP contribution >= 0.6 is 11.3 Å². The van der Waals surface area contributed by atoms with Crippen LogP contribution in [-0.2, 0) is 27.1 Å². The van der Waals surface area contributed by atoms with Gasteiger partial charge in [-0.1, -0.05) is 6.92 Å². The van der Waals surface area contributed by atoms with Crippen LogP contribution in [0, 0.1) is 5.92 Å². The first-order chi connectivity index (χ1) is 12.4. The summed E-state index contributed by atoms with van der Waals surface area (Å²) < 4.78 is 10.7. The van der Waals surface area contributed by atoms with E-state index in [2.05, 4.69) is 17.1 Å². The van der Waals surface area contributed by atoms with Crippen LogP contribution in [0.3, 0.4) is 0 Å². The SMILES string of the molecule is COC(=O)c1c(NC(=O)CN2C[C@@H](C)O[C@H](C)C2)sc2c1CC[C@@H](C)C2. The quantitative estimate of drug-likeness (QED) is 0.814. The van der Waals surface area contributed by atoms with Crippen molar-refractivity contribution in [3.05, 3.63) is 16.0 Å². The molecule has 0 aromatic carbocycles. The van der Waals surface area contributed by atoms with Gasteiger partial charge in [0.25, 0.3) is 0 Å². The summed E-state index contributed by atoms with van der Waals surface area (Å²) in [7, 11) is 1.39. The number of carbonyl (C=O) groups excluding carboxylic acids is 2. The largest absolute Gasteiger partial charge is 0.465 e. The Morgan fingerprint density at radius 2 is 1.96 bits per heavy atom. The van der Waals surface area contributed by atoms with Gasteiger partial charge in [0.15, 0.2) is 0 Å². The van der Waals surface area contributed by atoms with Crippen LogP contribution in [0.15, 0.2) is 0 Å². The molecule has 1 aliphatic carbocycles. The van der Waals surface area contributed by atoms with Gasteiger partial charge in [-0.05, 0) is 44.6 Å². The second-order valence-electron chi connectivity index (χ2n) is 7.55. The van der Waals surface area contributed by atoms with Crippen molar-refractivity contribution in [1.29, 1.82) is 0 Å². The molecule has 2 heterocycles. The number of methoxy groups -OCH3 is 1. The monoisotopic (exact) mass is 380 g/mol. The molecule has 7 heteroatoms. The normalized spacial score (nSPS) is 26.2. The Kier molecular flexibility index (Phi) is 5.99. The summed E-state index contributed by atoms with van der Waals surface area (Å²) in [5.74, 6) is 0.149. The van der Waals surface area contributed by atoms with Crippen molar-refractivity contribution in [2.75, 3.05) is 32.1 Å². The fourth-order valence-electron chi connectivity index (χ4n) is 3.94. The number of hydrogen-bond acceptors (Lipinski definition) is 6. The van der Waals surface area contributed by atoms with Crippen molar-refractivity contribution < 1.29 is 19.1 Å². The van der Waals surface area contributed by atoms with Gasteiger partial charge in [-0.3, -0.25) is 9.69 Å². The van der Waals surface area contributed by atoms with Crippen LogP contribution in [0.2, 0.25) is 0 Å². The number of rotatable bonds is 4. The number of fused-ring (bicyclic) bond motifs is 1. The van der Waals surface area contributed by atoms with E-state index < -0.39 is 0 Å². The second-order valence-corrected chi connectivity index (χ2v) is 8.65. The molecule has 1 fully saturated rings. The minimum Gasteiger partial charge on any atom is -0.465 e. The molecule has 1 saturated heterocycles. The van der Waals surface area contributed by atoms with E-state index >= 15 is 0 Å². The van der Waals surface area contributed by atoms with E-state index in [4.69, 9.17) is 9.47 Å². The number of anilines is 1. The fourth-order valence-corrected chi connectivity index (χ4v) is 5.35. The summed E-state index contributed by atoms with van der Waals surface area (Å²) in [6, 6.07) is 0. The van der Waals surface area contributed by atoms with Crippen LogP contribution in [-0.4, -0.2) is 55.7 Å². The highest BCUT2D eigenvalue weighted by atomic mass is 32.1. The third-order valence-corrected chi connectivity index (χ3v) is 6.19. The van der Waals surface area contributed by atoms with Crippen molar-refractivity contribution in [2.24, 2.45) is 5.92 Å². The topological polar surface area (TPSA) is 67.9 Å². The molecule has 2 aliphatic rings. The minimum absolute atomic E-state index is 0.0944. The lowest BCUT2D eigenvalue weighted by molar-refractivity contribution is -0.121. The Balaban J connectivity index is 1.74. The summed E-state index contributed by atoms with van der Waals surface area (Å²) in [6.45, 7) is 8.03. The highest BCUT2D eigenvalue weighted by molar-refractivity contribution is 7.17. The third kappa shape index (κ3) is 4.27. The Bertz CT molecular complexity index is 677. The van der Waals surface area contributed by atoms with E-state index in [1.54, 1.807) is 0 Å². The van der Waals surface area contributed by atoms with Gasteiger partial charge in [-0.2, -0.15) is 0 Å². The highest BCUT2D eigenvalue weighted by Gasteiger charge is 2.30. The average molecular weight is 381 g/mol.